The molecule has 0 radical (unpaired) electrons. The zero-order valence-electron chi connectivity index (χ0n) is 32.7. The molecule has 0 unspecified atom stereocenters. The quantitative estimate of drug-likeness (QED) is 0.167. The summed E-state index contributed by atoms with van der Waals surface area (Å²) in [6, 6.07) is 55.1. The third-order valence-electron chi connectivity index (χ3n) is 11.8. The van der Waals surface area contributed by atoms with Gasteiger partial charge in [-0.15, -0.1) is 11.3 Å². The zero-order valence-corrected chi connectivity index (χ0v) is 33.6. The van der Waals surface area contributed by atoms with E-state index in [-0.39, 0.29) is 17.7 Å². The number of para-hydroxylation sites is 1. The van der Waals surface area contributed by atoms with Gasteiger partial charge >= 0.3 is 6.85 Å². The summed E-state index contributed by atoms with van der Waals surface area (Å²) in [7, 11) is 0. The van der Waals surface area contributed by atoms with Crippen LogP contribution in [0, 0.1) is 6.92 Å². The normalized spacial score (nSPS) is 13.6. The van der Waals surface area contributed by atoms with Gasteiger partial charge < -0.3 is 9.71 Å². The average Bonchev–Trinajstić information content (AvgIpc) is 3.56. The molecule has 10 rings (SSSR count). The van der Waals surface area contributed by atoms with E-state index in [1.54, 1.807) is 0 Å². The van der Waals surface area contributed by atoms with Crippen molar-refractivity contribution in [3.05, 3.63) is 162 Å². The highest BCUT2D eigenvalue weighted by Gasteiger charge is 2.47. The largest absolute Gasteiger partial charge is 0.376 e. The molecule has 7 aromatic carbocycles. The Morgan fingerprint density at radius 3 is 1.93 bits per heavy atom. The van der Waals surface area contributed by atoms with E-state index in [1.165, 1.54) is 98.5 Å². The van der Waals surface area contributed by atoms with Gasteiger partial charge in [0, 0.05) is 54.0 Å². The van der Waals surface area contributed by atoms with Crippen molar-refractivity contribution in [2.75, 3.05) is 9.71 Å². The van der Waals surface area contributed by atoms with Crippen molar-refractivity contribution >= 4 is 77.7 Å². The Bertz CT molecular complexity index is 2800. The van der Waals surface area contributed by atoms with Crippen molar-refractivity contribution in [2.45, 2.75) is 59.3 Å². The maximum absolute atomic E-state index is 2.67. The van der Waals surface area contributed by atoms with E-state index < -0.39 is 0 Å². The van der Waals surface area contributed by atoms with Crippen LogP contribution in [0.15, 0.2) is 146 Å². The number of anilines is 5. The lowest BCUT2D eigenvalue weighted by Gasteiger charge is -2.46. The van der Waals surface area contributed by atoms with Gasteiger partial charge in [0.1, 0.15) is 0 Å². The van der Waals surface area contributed by atoms with Crippen LogP contribution in [0.2, 0.25) is 0 Å². The number of rotatable bonds is 3. The molecule has 0 saturated carbocycles. The van der Waals surface area contributed by atoms with Gasteiger partial charge in [-0.25, -0.2) is 0 Å². The van der Waals surface area contributed by atoms with Crippen LogP contribution in [-0.2, 0) is 10.8 Å². The average molecular weight is 729 g/mol. The molecule has 55 heavy (non-hydrogen) atoms. The van der Waals surface area contributed by atoms with Crippen LogP contribution in [0.1, 0.15) is 58.2 Å². The molecule has 2 aliphatic rings. The molecule has 0 bridgehead atoms. The van der Waals surface area contributed by atoms with Crippen molar-refractivity contribution < 1.29 is 0 Å². The van der Waals surface area contributed by atoms with E-state index in [2.05, 4.69) is 204 Å². The molecule has 0 fully saturated rings. The molecule has 8 aromatic rings. The number of thiophene rings is 1. The van der Waals surface area contributed by atoms with Crippen LogP contribution < -0.4 is 20.6 Å². The molecule has 0 atom stereocenters. The number of aryl methyl sites for hydroxylation is 1. The first kappa shape index (κ1) is 34.0. The molecule has 0 spiro atoms. The molecule has 0 saturated heterocycles. The topological polar surface area (TPSA) is 6.48 Å². The number of hydrogen-bond acceptors (Lipinski definition) is 3. The standard InChI is InChI=1S/C51H45BN2S/c1-32-29-41-40-31-35(51(5,6)7)23-27-43(40)54(36-24-21-34(22-25-36)50(2,3)4)52-47(41)45(30-32)53(42-19-13-11-17-37(42)33-15-9-8-10-16-33)44-28-26-39-38-18-12-14-20-46(38)55-49(39)48(44)52/h8-31H,1-7H3. The summed E-state index contributed by atoms with van der Waals surface area (Å²) >= 11 is 1.94. The second-order valence-electron chi connectivity index (χ2n) is 17.5. The lowest BCUT2D eigenvalue weighted by atomic mass is 9.43. The summed E-state index contributed by atoms with van der Waals surface area (Å²) in [5.41, 5.74) is 18.0. The third-order valence-corrected chi connectivity index (χ3v) is 13.0. The Labute approximate surface area is 329 Å². The van der Waals surface area contributed by atoms with Crippen LogP contribution in [0.25, 0.3) is 42.4 Å². The zero-order chi connectivity index (χ0) is 37.8. The maximum Gasteiger partial charge on any atom is 0.334 e. The van der Waals surface area contributed by atoms with Crippen LogP contribution in [0.4, 0.5) is 28.4 Å². The van der Waals surface area contributed by atoms with E-state index in [9.17, 15) is 0 Å². The summed E-state index contributed by atoms with van der Waals surface area (Å²) in [5, 5.41) is 2.65. The fourth-order valence-electron chi connectivity index (χ4n) is 9.03. The van der Waals surface area contributed by atoms with Gasteiger partial charge in [-0.05, 0) is 105 Å². The maximum atomic E-state index is 2.67. The summed E-state index contributed by atoms with van der Waals surface area (Å²) in [6.45, 7) is 16.1. The van der Waals surface area contributed by atoms with E-state index in [1.807, 2.05) is 11.3 Å². The van der Waals surface area contributed by atoms with Gasteiger partial charge in [-0.3, -0.25) is 0 Å². The number of fused-ring (bicyclic) bond motifs is 8. The first-order valence-electron chi connectivity index (χ1n) is 19.6. The van der Waals surface area contributed by atoms with Crippen LogP contribution in [-0.4, -0.2) is 6.85 Å². The van der Waals surface area contributed by atoms with Crippen LogP contribution in [0.3, 0.4) is 0 Å². The first-order chi connectivity index (χ1) is 26.5. The highest BCUT2D eigenvalue weighted by Crippen LogP contribution is 2.51. The molecule has 3 heterocycles. The van der Waals surface area contributed by atoms with E-state index in [0.717, 1.165) is 0 Å². The molecule has 0 N–H and O–H groups in total. The Morgan fingerprint density at radius 1 is 0.491 bits per heavy atom. The van der Waals surface area contributed by atoms with Gasteiger partial charge in [-0.2, -0.15) is 0 Å². The molecule has 1 aromatic heterocycles. The van der Waals surface area contributed by atoms with Gasteiger partial charge in [-0.1, -0.05) is 139 Å². The minimum atomic E-state index is -0.0500. The van der Waals surface area contributed by atoms with Gasteiger partial charge in [0.2, 0.25) is 0 Å². The molecule has 4 heteroatoms. The van der Waals surface area contributed by atoms with Crippen molar-refractivity contribution in [3.63, 3.8) is 0 Å². The highest BCUT2D eigenvalue weighted by atomic mass is 32.1. The van der Waals surface area contributed by atoms with Crippen molar-refractivity contribution in [1.29, 1.82) is 0 Å². The molecular formula is C51H45BN2S. The second-order valence-corrected chi connectivity index (χ2v) is 18.5. The minimum absolute atomic E-state index is 0.00541. The number of nitrogens with zero attached hydrogens (tertiary/aromatic N) is 2. The lowest BCUT2D eigenvalue weighted by Crippen LogP contribution is -2.61. The molecule has 2 aliphatic heterocycles. The molecule has 268 valence electrons. The molecule has 0 amide bonds. The smallest absolute Gasteiger partial charge is 0.334 e. The molecule has 2 nitrogen and oxygen atoms in total. The van der Waals surface area contributed by atoms with E-state index >= 15 is 0 Å². The van der Waals surface area contributed by atoms with Crippen LogP contribution in [0.5, 0.6) is 0 Å². The monoisotopic (exact) mass is 728 g/mol. The number of hydrogen-bond donors (Lipinski definition) is 0. The first-order valence-corrected chi connectivity index (χ1v) is 20.4. The second kappa shape index (κ2) is 12.2. The van der Waals surface area contributed by atoms with Crippen LogP contribution >= 0.6 is 11.3 Å². The fraction of sp³-hybridized carbons (Fsp3) is 0.176. The van der Waals surface area contributed by atoms with E-state index in [4.69, 9.17) is 0 Å². The predicted molar refractivity (Wildman–Crippen MR) is 241 cm³/mol. The Kier molecular flexibility index (Phi) is 7.54. The SMILES string of the molecule is Cc1cc2c3c(c1)N(c1ccccc1-c1ccccc1)c1ccc4c(sc5ccccc54)c1B3N(c1ccc(C(C)(C)C)cc1)c1ccc(C(C)(C)C)cc1-2. The summed E-state index contributed by atoms with van der Waals surface area (Å²) in [5.74, 6) is 0. The van der Waals surface area contributed by atoms with Gasteiger partial charge in [0.25, 0.3) is 0 Å². The van der Waals surface area contributed by atoms with Crippen molar-refractivity contribution in [2.24, 2.45) is 0 Å². The Morgan fingerprint density at radius 2 is 1.16 bits per heavy atom. The molecular weight excluding hydrogens is 683 g/mol. The Balaban J connectivity index is 1.35. The summed E-state index contributed by atoms with van der Waals surface area (Å²) in [4.78, 5) is 5.25. The molecule has 0 aliphatic carbocycles. The Hall–Kier alpha value is -5.58. The predicted octanol–water partition coefficient (Wildman–Crippen LogP) is 13.3. The minimum Gasteiger partial charge on any atom is -0.376 e. The van der Waals surface area contributed by atoms with Gasteiger partial charge in [0.15, 0.2) is 0 Å². The van der Waals surface area contributed by atoms with E-state index in [0.29, 0.717) is 0 Å². The summed E-state index contributed by atoms with van der Waals surface area (Å²) in [6.07, 6.45) is 0. The lowest BCUT2D eigenvalue weighted by molar-refractivity contribution is 0.590. The third kappa shape index (κ3) is 5.29. The highest BCUT2D eigenvalue weighted by molar-refractivity contribution is 7.27. The van der Waals surface area contributed by atoms with Gasteiger partial charge in [0.05, 0.1) is 5.69 Å². The summed E-state index contributed by atoms with van der Waals surface area (Å²) < 4.78 is 2.68. The number of benzene rings is 7. The van der Waals surface area contributed by atoms with Crippen molar-refractivity contribution in [3.8, 4) is 22.3 Å². The fourth-order valence-corrected chi connectivity index (χ4v) is 10.3. The van der Waals surface area contributed by atoms with Crippen molar-refractivity contribution in [1.82, 2.24) is 0 Å².